The summed E-state index contributed by atoms with van der Waals surface area (Å²) in [6.07, 6.45) is 10.5. The van der Waals surface area contributed by atoms with Gasteiger partial charge in [0.05, 0.1) is 30.8 Å². The Morgan fingerprint density at radius 2 is 1.63 bits per heavy atom. The molecule has 3 heterocycles. The van der Waals surface area contributed by atoms with Gasteiger partial charge in [-0.2, -0.15) is 0 Å². The van der Waals surface area contributed by atoms with E-state index in [9.17, 15) is 14.4 Å². The van der Waals surface area contributed by atoms with E-state index in [4.69, 9.17) is 23.7 Å². The third-order valence-corrected chi connectivity index (χ3v) is 8.63. The van der Waals surface area contributed by atoms with Crippen LogP contribution in [0.2, 0.25) is 0 Å². The summed E-state index contributed by atoms with van der Waals surface area (Å²) in [5.74, 6) is -1.50. The van der Waals surface area contributed by atoms with Gasteiger partial charge in [-0.25, -0.2) is 14.4 Å². The molecule has 0 radical (unpaired) electrons. The third-order valence-electron chi connectivity index (χ3n) is 8.63. The summed E-state index contributed by atoms with van der Waals surface area (Å²) in [5.41, 5.74) is 0.194. The first kappa shape index (κ1) is 24.0. The van der Waals surface area contributed by atoms with E-state index < -0.39 is 40.4 Å². The van der Waals surface area contributed by atoms with E-state index in [-0.39, 0.29) is 25.4 Å². The number of esters is 3. The molecule has 0 amide bonds. The predicted octanol–water partition coefficient (Wildman–Crippen LogP) is 3.12. The lowest BCUT2D eigenvalue weighted by atomic mass is 9.51. The maximum Gasteiger partial charge on any atom is 0.331 e. The zero-order chi connectivity index (χ0) is 24.8. The summed E-state index contributed by atoms with van der Waals surface area (Å²) >= 11 is 0. The van der Waals surface area contributed by atoms with Gasteiger partial charge in [0.15, 0.2) is 0 Å². The van der Waals surface area contributed by atoms with Crippen LogP contribution in [0, 0.1) is 10.8 Å². The number of hydrogen-bond donors (Lipinski definition) is 0. The van der Waals surface area contributed by atoms with Crippen molar-refractivity contribution >= 4 is 17.9 Å². The van der Waals surface area contributed by atoms with Crippen LogP contribution >= 0.6 is 0 Å². The molecule has 0 aromatic carbocycles. The van der Waals surface area contributed by atoms with Crippen molar-refractivity contribution in [2.24, 2.45) is 10.8 Å². The lowest BCUT2D eigenvalue weighted by Crippen LogP contribution is -2.66. The Hall–Kier alpha value is -2.71. The van der Waals surface area contributed by atoms with Gasteiger partial charge in [-0.15, -0.1) is 0 Å². The van der Waals surface area contributed by atoms with Crippen LogP contribution in [0.15, 0.2) is 47.6 Å². The van der Waals surface area contributed by atoms with E-state index in [0.717, 1.165) is 18.4 Å². The van der Waals surface area contributed by atoms with Crippen molar-refractivity contribution in [2.75, 3.05) is 19.8 Å². The number of allylic oxidation sites excluding steroid dienone is 3. The lowest BCUT2D eigenvalue weighted by Gasteiger charge is -2.58. The standard InChI is InChI=1S/C27H32O8/c1-17-8-10-26-15-32-24(30)13-18(2)9-11-31-22(28)6-4-5-7-23(29)35-19-14-21(34-20(26)12-17)27(16-33-27)25(19,26)3/h4-7,12-13,19-21H,8-11,14-16H2,1-3H3/b6-4+,7-5+,18-13+/t19?,20-,21-,25+,26-,27+/m1/s1. The maximum absolute atomic E-state index is 12.8. The zero-order valence-electron chi connectivity index (χ0n) is 20.4. The van der Waals surface area contributed by atoms with Gasteiger partial charge < -0.3 is 23.7 Å². The minimum absolute atomic E-state index is 0.125. The molecule has 188 valence electrons. The van der Waals surface area contributed by atoms with E-state index >= 15 is 0 Å². The highest BCUT2D eigenvalue weighted by Crippen LogP contribution is 2.72. The molecule has 0 N–H and O–H groups in total. The molecule has 5 rings (SSSR count). The van der Waals surface area contributed by atoms with Crippen molar-refractivity contribution in [2.45, 2.75) is 70.4 Å². The number of cyclic esters (lactones) is 2. The van der Waals surface area contributed by atoms with Gasteiger partial charge in [-0.05, 0) is 26.7 Å². The number of epoxide rings is 1. The van der Waals surface area contributed by atoms with Gasteiger partial charge in [0.1, 0.15) is 18.3 Å². The summed E-state index contributed by atoms with van der Waals surface area (Å²) in [5, 5.41) is 0. The molecular weight excluding hydrogens is 452 g/mol. The van der Waals surface area contributed by atoms with Gasteiger partial charge in [-0.3, -0.25) is 0 Å². The largest absolute Gasteiger partial charge is 0.462 e. The minimum Gasteiger partial charge on any atom is -0.462 e. The fourth-order valence-corrected chi connectivity index (χ4v) is 6.46. The molecule has 8 nitrogen and oxygen atoms in total. The molecule has 6 atom stereocenters. The first-order valence-electron chi connectivity index (χ1n) is 12.2. The average Bonchev–Trinajstić information content (AvgIpc) is 3.58. The quantitative estimate of drug-likeness (QED) is 0.224. The molecule has 1 saturated carbocycles. The van der Waals surface area contributed by atoms with Crippen molar-refractivity contribution < 1.29 is 38.1 Å². The number of rotatable bonds is 0. The summed E-state index contributed by atoms with van der Waals surface area (Å²) in [6, 6.07) is 0. The van der Waals surface area contributed by atoms with E-state index in [2.05, 4.69) is 19.9 Å². The fraction of sp³-hybridized carbons (Fsp3) is 0.593. The number of carbonyl (C=O) groups excluding carboxylic acids is 3. The molecule has 1 unspecified atom stereocenters. The Morgan fingerprint density at radius 3 is 2.37 bits per heavy atom. The first-order valence-corrected chi connectivity index (χ1v) is 12.2. The molecule has 8 heteroatoms. The van der Waals surface area contributed by atoms with E-state index in [1.165, 1.54) is 36.0 Å². The number of hydrogen-bond acceptors (Lipinski definition) is 8. The van der Waals surface area contributed by atoms with Crippen LogP contribution in [0.1, 0.15) is 46.5 Å². The van der Waals surface area contributed by atoms with Crippen LogP contribution in [0.5, 0.6) is 0 Å². The highest BCUT2D eigenvalue weighted by molar-refractivity contribution is 5.85. The number of carbonyl (C=O) groups is 3. The van der Waals surface area contributed by atoms with Crippen molar-refractivity contribution in [3.05, 3.63) is 47.6 Å². The Morgan fingerprint density at radius 1 is 0.886 bits per heavy atom. The number of ether oxygens (including phenoxy) is 5. The highest BCUT2D eigenvalue weighted by atomic mass is 16.6. The Bertz CT molecular complexity index is 1050. The average molecular weight is 485 g/mol. The topological polar surface area (TPSA) is 101 Å². The molecule has 2 bridgehead atoms. The molecule has 2 saturated heterocycles. The Kier molecular flexibility index (Phi) is 6.00. The molecule has 5 aliphatic rings. The summed E-state index contributed by atoms with van der Waals surface area (Å²) in [7, 11) is 0. The fourth-order valence-electron chi connectivity index (χ4n) is 6.46. The molecule has 0 aromatic rings. The van der Waals surface area contributed by atoms with E-state index in [0.29, 0.717) is 19.4 Å². The zero-order valence-corrected chi connectivity index (χ0v) is 20.4. The third kappa shape index (κ3) is 3.87. The molecule has 3 fully saturated rings. The summed E-state index contributed by atoms with van der Waals surface area (Å²) in [6.45, 7) is 6.77. The summed E-state index contributed by atoms with van der Waals surface area (Å²) in [4.78, 5) is 37.4. The van der Waals surface area contributed by atoms with E-state index in [1.54, 1.807) is 6.92 Å². The predicted molar refractivity (Wildman–Crippen MR) is 124 cm³/mol. The van der Waals surface area contributed by atoms with Crippen molar-refractivity contribution in [1.82, 2.24) is 0 Å². The van der Waals surface area contributed by atoms with Crippen LogP contribution in [0.3, 0.4) is 0 Å². The monoisotopic (exact) mass is 484 g/mol. The van der Waals surface area contributed by atoms with Crippen LogP contribution in [-0.4, -0.2) is 61.6 Å². The van der Waals surface area contributed by atoms with E-state index in [1.807, 2.05) is 0 Å². The second-order valence-corrected chi connectivity index (χ2v) is 10.5. The second-order valence-electron chi connectivity index (χ2n) is 10.5. The SMILES string of the molecule is CC1=C[C@H]2O[C@@H]3CC4OC(=O)/C=C/C=C/C(=O)OCC/C(C)=C/C(=O)OC[C@@]2(CC1)[C@@]4(C)[C@]31CO1. The summed E-state index contributed by atoms with van der Waals surface area (Å²) < 4.78 is 29.7. The van der Waals surface area contributed by atoms with Crippen LogP contribution in [0.25, 0.3) is 0 Å². The van der Waals surface area contributed by atoms with Crippen molar-refractivity contribution in [1.29, 1.82) is 0 Å². The molecular formula is C27H32O8. The van der Waals surface area contributed by atoms with Gasteiger partial charge >= 0.3 is 17.9 Å². The Balaban J connectivity index is 1.53. The molecule has 3 aliphatic heterocycles. The Labute approximate surface area is 204 Å². The normalized spacial score (nSPS) is 44.9. The smallest absolute Gasteiger partial charge is 0.331 e. The molecule has 2 aliphatic carbocycles. The van der Waals surface area contributed by atoms with Gasteiger partial charge in [0.25, 0.3) is 0 Å². The highest BCUT2D eigenvalue weighted by Gasteiger charge is 2.83. The molecule has 35 heavy (non-hydrogen) atoms. The van der Waals surface area contributed by atoms with Gasteiger partial charge in [-0.1, -0.05) is 36.3 Å². The van der Waals surface area contributed by atoms with Crippen molar-refractivity contribution in [3.8, 4) is 0 Å². The molecule has 0 aromatic heterocycles. The van der Waals surface area contributed by atoms with Crippen LogP contribution < -0.4 is 0 Å². The molecule has 2 spiro atoms. The minimum atomic E-state index is -0.613. The second kappa shape index (κ2) is 8.75. The van der Waals surface area contributed by atoms with Crippen molar-refractivity contribution in [3.63, 3.8) is 0 Å². The lowest BCUT2D eigenvalue weighted by molar-refractivity contribution is -0.232. The van der Waals surface area contributed by atoms with Gasteiger partial charge in [0, 0.05) is 36.5 Å². The van der Waals surface area contributed by atoms with Crippen LogP contribution in [-0.2, 0) is 38.1 Å². The first-order chi connectivity index (χ1) is 16.7. The van der Waals surface area contributed by atoms with Crippen LogP contribution in [0.4, 0.5) is 0 Å². The maximum atomic E-state index is 12.8. The van der Waals surface area contributed by atoms with Gasteiger partial charge in [0.2, 0.25) is 0 Å².